The van der Waals surface area contributed by atoms with Gasteiger partial charge >= 0.3 is 0 Å². The number of nitrogens with one attached hydrogen (secondary N) is 1. The summed E-state index contributed by atoms with van der Waals surface area (Å²) in [7, 11) is -3.65. The molecule has 0 fully saturated rings. The first kappa shape index (κ1) is 20.5. The number of benzene rings is 3. The molecule has 1 N–H and O–H groups in total. The molecule has 1 heterocycles. The maximum absolute atomic E-state index is 13.0. The molecule has 0 unspecified atom stereocenters. The van der Waals surface area contributed by atoms with Crippen molar-refractivity contribution in [3.05, 3.63) is 94.3 Å². The van der Waals surface area contributed by atoms with E-state index in [9.17, 15) is 17.6 Å². The first-order valence-corrected chi connectivity index (χ1v) is 11.1. The van der Waals surface area contributed by atoms with Crippen LogP contribution in [0.5, 0.6) is 0 Å². The molecule has 30 heavy (non-hydrogen) atoms. The Morgan fingerprint density at radius 3 is 2.37 bits per heavy atom. The standard InChI is InChI=1S/C22H18ClFN2O3S/c23-18-4-9-21(10-5-18)30(28,29)26-12-11-15-3-8-20(13-17(15)14-26)25-22(27)16-1-6-19(24)7-2-16/h1-10,13H,11-12,14H2,(H,25,27). The Bertz CT molecular complexity index is 1200. The van der Waals surface area contributed by atoms with Gasteiger partial charge in [0.15, 0.2) is 0 Å². The number of carbonyl (C=O) groups excluding carboxylic acids is 1. The van der Waals surface area contributed by atoms with E-state index in [1.807, 2.05) is 6.07 Å². The van der Waals surface area contributed by atoms with Gasteiger partial charge in [-0.3, -0.25) is 4.79 Å². The third-order valence-electron chi connectivity index (χ3n) is 5.00. The van der Waals surface area contributed by atoms with Crippen molar-refractivity contribution < 1.29 is 17.6 Å². The lowest BCUT2D eigenvalue weighted by molar-refractivity contribution is 0.102. The number of halogens is 2. The Morgan fingerprint density at radius 2 is 1.67 bits per heavy atom. The highest BCUT2D eigenvalue weighted by atomic mass is 35.5. The van der Waals surface area contributed by atoms with Crippen molar-refractivity contribution in [2.45, 2.75) is 17.9 Å². The second-order valence-corrected chi connectivity index (χ2v) is 9.36. The molecule has 0 bridgehead atoms. The van der Waals surface area contributed by atoms with Gasteiger partial charge in [-0.15, -0.1) is 0 Å². The van der Waals surface area contributed by atoms with Crippen molar-refractivity contribution in [2.24, 2.45) is 0 Å². The number of hydrogen-bond donors (Lipinski definition) is 1. The fourth-order valence-electron chi connectivity index (χ4n) is 3.37. The normalized spacial score (nSPS) is 14.2. The molecule has 1 aliphatic heterocycles. The van der Waals surface area contributed by atoms with E-state index in [-0.39, 0.29) is 17.3 Å². The molecule has 3 aromatic rings. The van der Waals surface area contributed by atoms with Crippen molar-refractivity contribution in [3.63, 3.8) is 0 Å². The van der Waals surface area contributed by atoms with Gasteiger partial charge in [0.25, 0.3) is 5.91 Å². The molecule has 1 amide bonds. The van der Waals surface area contributed by atoms with E-state index in [2.05, 4.69) is 5.32 Å². The second-order valence-electron chi connectivity index (χ2n) is 6.99. The number of nitrogens with zero attached hydrogens (tertiary/aromatic N) is 1. The largest absolute Gasteiger partial charge is 0.322 e. The molecule has 0 radical (unpaired) electrons. The molecular formula is C22H18ClFN2O3S. The zero-order chi connectivity index (χ0) is 21.3. The summed E-state index contributed by atoms with van der Waals surface area (Å²) in [6.07, 6.45) is 0.578. The minimum Gasteiger partial charge on any atom is -0.322 e. The van der Waals surface area contributed by atoms with E-state index in [0.29, 0.717) is 29.2 Å². The third-order valence-corrected chi connectivity index (χ3v) is 7.11. The Balaban J connectivity index is 1.54. The second kappa shape index (κ2) is 8.18. The van der Waals surface area contributed by atoms with Gasteiger partial charge in [0.05, 0.1) is 4.90 Å². The molecule has 1 aliphatic rings. The summed E-state index contributed by atoms with van der Waals surface area (Å²) in [5.41, 5.74) is 2.75. The van der Waals surface area contributed by atoms with Crippen LogP contribution in [0.15, 0.2) is 71.6 Å². The maximum atomic E-state index is 13.0. The van der Waals surface area contributed by atoms with E-state index >= 15 is 0 Å². The molecular weight excluding hydrogens is 427 g/mol. The van der Waals surface area contributed by atoms with Crippen LogP contribution in [0.25, 0.3) is 0 Å². The molecule has 5 nitrogen and oxygen atoms in total. The molecule has 4 rings (SSSR count). The van der Waals surface area contributed by atoms with Crippen LogP contribution >= 0.6 is 11.6 Å². The van der Waals surface area contributed by atoms with Crippen molar-refractivity contribution in [1.82, 2.24) is 4.31 Å². The Kier molecular flexibility index (Phi) is 5.60. The Labute approximate surface area is 179 Å². The van der Waals surface area contributed by atoms with E-state index in [1.165, 1.54) is 40.7 Å². The summed E-state index contributed by atoms with van der Waals surface area (Å²) in [5.74, 6) is -0.779. The molecule has 0 spiro atoms. The van der Waals surface area contributed by atoms with Crippen molar-refractivity contribution in [3.8, 4) is 0 Å². The average Bonchev–Trinajstić information content (AvgIpc) is 2.74. The summed E-state index contributed by atoms with van der Waals surface area (Å²) >= 11 is 5.86. The average molecular weight is 445 g/mol. The highest BCUT2D eigenvalue weighted by Crippen LogP contribution is 2.27. The maximum Gasteiger partial charge on any atom is 0.255 e. The first-order valence-electron chi connectivity index (χ1n) is 9.27. The number of anilines is 1. The number of amides is 1. The van der Waals surface area contributed by atoms with Crippen LogP contribution < -0.4 is 5.32 Å². The Morgan fingerprint density at radius 1 is 0.967 bits per heavy atom. The molecule has 0 saturated carbocycles. The highest BCUT2D eigenvalue weighted by Gasteiger charge is 2.28. The topological polar surface area (TPSA) is 66.5 Å². The monoisotopic (exact) mass is 444 g/mol. The molecule has 8 heteroatoms. The van der Waals surface area contributed by atoms with E-state index in [1.54, 1.807) is 24.3 Å². The Hall–Kier alpha value is -2.74. The van der Waals surface area contributed by atoms with Crippen molar-refractivity contribution >= 4 is 33.2 Å². The van der Waals surface area contributed by atoms with Crippen LogP contribution in [0.4, 0.5) is 10.1 Å². The van der Waals surface area contributed by atoms with Gasteiger partial charge in [0.2, 0.25) is 10.0 Å². The van der Waals surface area contributed by atoms with Gasteiger partial charge in [-0.05, 0) is 78.2 Å². The fourth-order valence-corrected chi connectivity index (χ4v) is 4.92. The number of carbonyl (C=O) groups is 1. The van der Waals surface area contributed by atoms with Crippen LogP contribution in [0.2, 0.25) is 5.02 Å². The first-order chi connectivity index (χ1) is 14.3. The van der Waals surface area contributed by atoms with Crippen LogP contribution in [0.1, 0.15) is 21.5 Å². The molecule has 0 aromatic heterocycles. The van der Waals surface area contributed by atoms with Crippen LogP contribution in [-0.2, 0) is 23.0 Å². The summed E-state index contributed by atoms with van der Waals surface area (Å²) in [6.45, 7) is 0.583. The van der Waals surface area contributed by atoms with Gasteiger partial charge in [0.1, 0.15) is 5.82 Å². The molecule has 0 aliphatic carbocycles. The summed E-state index contributed by atoms with van der Waals surface area (Å²) in [4.78, 5) is 12.6. The highest BCUT2D eigenvalue weighted by molar-refractivity contribution is 7.89. The third kappa shape index (κ3) is 4.23. The molecule has 3 aromatic carbocycles. The minimum absolute atomic E-state index is 0.191. The predicted molar refractivity (Wildman–Crippen MR) is 114 cm³/mol. The SMILES string of the molecule is O=C(Nc1ccc2c(c1)CN(S(=O)(=O)c1ccc(Cl)cc1)CC2)c1ccc(F)cc1. The van der Waals surface area contributed by atoms with E-state index in [4.69, 9.17) is 11.6 Å². The zero-order valence-corrected chi connectivity index (χ0v) is 17.4. The number of fused-ring (bicyclic) bond motifs is 1. The number of rotatable bonds is 4. The van der Waals surface area contributed by atoms with Gasteiger partial charge in [-0.1, -0.05) is 17.7 Å². The van der Waals surface area contributed by atoms with Crippen LogP contribution in [-0.4, -0.2) is 25.2 Å². The zero-order valence-electron chi connectivity index (χ0n) is 15.8. The van der Waals surface area contributed by atoms with E-state index in [0.717, 1.165) is 11.1 Å². The summed E-state index contributed by atoms with van der Waals surface area (Å²) < 4.78 is 40.4. The van der Waals surface area contributed by atoms with Crippen molar-refractivity contribution in [2.75, 3.05) is 11.9 Å². The predicted octanol–water partition coefficient (Wildman–Crippen LogP) is 4.48. The molecule has 0 atom stereocenters. The lowest BCUT2D eigenvalue weighted by Crippen LogP contribution is -2.36. The summed E-state index contributed by atoms with van der Waals surface area (Å²) in [5, 5.41) is 3.25. The van der Waals surface area contributed by atoms with Gasteiger partial charge in [-0.25, -0.2) is 12.8 Å². The fraction of sp³-hybridized carbons (Fsp3) is 0.136. The van der Waals surface area contributed by atoms with Gasteiger partial charge in [-0.2, -0.15) is 4.31 Å². The van der Waals surface area contributed by atoms with E-state index < -0.39 is 15.8 Å². The summed E-state index contributed by atoms with van der Waals surface area (Å²) in [6, 6.07) is 16.8. The smallest absolute Gasteiger partial charge is 0.255 e. The number of sulfonamides is 1. The number of hydrogen-bond acceptors (Lipinski definition) is 3. The molecule has 154 valence electrons. The van der Waals surface area contributed by atoms with Crippen LogP contribution in [0.3, 0.4) is 0 Å². The quantitative estimate of drug-likeness (QED) is 0.645. The van der Waals surface area contributed by atoms with Crippen LogP contribution in [0, 0.1) is 5.82 Å². The molecule has 0 saturated heterocycles. The lowest BCUT2D eigenvalue weighted by atomic mass is 10.0. The van der Waals surface area contributed by atoms with Crippen molar-refractivity contribution in [1.29, 1.82) is 0 Å². The van der Waals surface area contributed by atoms with Gasteiger partial charge in [0, 0.05) is 29.4 Å². The lowest BCUT2D eigenvalue weighted by Gasteiger charge is -2.28. The minimum atomic E-state index is -3.65. The van der Waals surface area contributed by atoms with Gasteiger partial charge < -0.3 is 5.32 Å².